The molecular weight excluding hydrogens is 354 g/mol. The van der Waals surface area contributed by atoms with Gasteiger partial charge in [0.15, 0.2) is 0 Å². The van der Waals surface area contributed by atoms with Crippen LogP contribution in [0.5, 0.6) is 0 Å². The number of hydrogen-bond donors (Lipinski definition) is 3. The van der Waals surface area contributed by atoms with Gasteiger partial charge in [-0.15, -0.1) is 0 Å². The molecule has 3 amide bonds. The zero-order valence-electron chi connectivity index (χ0n) is 16.5. The Balaban J connectivity index is 1.59. The molecule has 148 valence electrons. The molecule has 0 fully saturated rings. The van der Waals surface area contributed by atoms with Crippen molar-refractivity contribution in [2.45, 2.75) is 46.0 Å². The summed E-state index contributed by atoms with van der Waals surface area (Å²) in [5.74, 6) is -0.419. The van der Waals surface area contributed by atoms with Gasteiger partial charge in [0.1, 0.15) is 5.72 Å². The maximum absolute atomic E-state index is 12.5. The molecule has 6 heteroatoms. The summed E-state index contributed by atoms with van der Waals surface area (Å²) < 4.78 is 0. The van der Waals surface area contributed by atoms with E-state index in [4.69, 9.17) is 0 Å². The first-order valence-corrected chi connectivity index (χ1v) is 9.58. The van der Waals surface area contributed by atoms with Crippen LogP contribution in [0.4, 0.5) is 10.5 Å². The van der Waals surface area contributed by atoms with Gasteiger partial charge in [0.25, 0.3) is 5.91 Å². The molecule has 0 bridgehead atoms. The van der Waals surface area contributed by atoms with Crippen LogP contribution in [0.15, 0.2) is 48.5 Å². The molecule has 2 aromatic carbocycles. The quantitative estimate of drug-likeness (QED) is 0.691. The largest absolute Gasteiger partial charge is 0.371 e. The highest BCUT2D eigenvalue weighted by Crippen LogP contribution is 2.23. The number of anilines is 1. The summed E-state index contributed by atoms with van der Waals surface area (Å²) in [6.45, 7) is 6.62. The minimum Gasteiger partial charge on any atom is -0.371 e. The third kappa shape index (κ3) is 4.34. The van der Waals surface area contributed by atoms with Crippen molar-refractivity contribution in [3.05, 3.63) is 65.2 Å². The number of amides is 3. The summed E-state index contributed by atoms with van der Waals surface area (Å²) in [6, 6.07) is 14.5. The monoisotopic (exact) mass is 381 g/mol. The molecule has 1 aliphatic rings. The SMILES string of the molecule is CC[C@H](C)[C@](C)(O)NC(=O)c1ccc(NC(=O)N2Cc3ccccc3C2)cc1. The average molecular weight is 381 g/mol. The molecule has 2 atom stereocenters. The fourth-order valence-corrected chi connectivity index (χ4v) is 3.21. The van der Waals surface area contributed by atoms with Crippen molar-refractivity contribution in [3.63, 3.8) is 0 Å². The lowest BCUT2D eigenvalue weighted by Gasteiger charge is -2.30. The first-order chi connectivity index (χ1) is 13.3. The standard InChI is InChI=1S/C22H27N3O3/c1-4-15(2)22(3,28)24-20(26)16-9-11-19(12-10-16)23-21(27)25-13-17-7-5-6-8-18(17)14-25/h5-12,15,28H,4,13-14H2,1-3H3,(H,23,27)(H,24,26)/t15-,22-/m0/s1. The van der Waals surface area contributed by atoms with Crippen LogP contribution in [0.2, 0.25) is 0 Å². The molecule has 0 aliphatic carbocycles. The molecule has 0 radical (unpaired) electrons. The van der Waals surface area contributed by atoms with Gasteiger partial charge in [0.05, 0.1) is 0 Å². The van der Waals surface area contributed by atoms with Crippen molar-refractivity contribution < 1.29 is 14.7 Å². The topological polar surface area (TPSA) is 81.7 Å². The number of aliphatic hydroxyl groups is 1. The lowest BCUT2D eigenvalue weighted by molar-refractivity contribution is -0.0216. The highest BCUT2D eigenvalue weighted by Gasteiger charge is 2.29. The van der Waals surface area contributed by atoms with E-state index in [2.05, 4.69) is 10.6 Å². The van der Waals surface area contributed by atoms with E-state index in [9.17, 15) is 14.7 Å². The van der Waals surface area contributed by atoms with E-state index < -0.39 is 5.72 Å². The third-order valence-corrected chi connectivity index (χ3v) is 5.46. The Morgan fingerprint density at radius 3 is 2.21 bits per heavy atom. The van der Waals surface area contributed by atoms with Gasteiger partial charge < -0.3 is 20.6 Å². The summed E-state index contributed by atoms with van der Waals surface area (Å²) in [7, 11) is 0. The normalized spacial score (nSPS) is 16.1. The predicted octanol–water partition coefficient (Wildman–Crippen LogP) is 3.72. The Labute approximate surface area is 165 Å². The van der Waals surface area contributed by atoms with Crippen LogP contribution >= 0.6 is 0 Å². The summed E-state index contributed by atoms with van der Waals surface area (Å²) in [6.07, 6.45) is 0.749. The molecule has 1 aliphatic heterocycles. The van der Waals surface area contributed by atoms with E-state index in [0.29, 0.717) is 24.3 Å². The Hall–Kier alpha value is -2.86. The number of fused-ring (bicyclic) bond motifs is 1. The highest BCUT2D eigenvalue weighted by atomic mass is 16.3. The fourth-order valence-electron chi connectivity index (χ4n) is 3.21. The molecule has 1 heterocycles. The van der Waals surface area contributed by atoms with Gasteiger partial charge in [-0.3, -0.25) is 4.79 Å². The van der Waals surface area contributed by atoms with E-state index in [1.165, 1.54) is 0 Å². The molecular formula is C22H27N3O3. The number of hydrogen-bond acceptors (Lipinski definition) is 3. The molecule has 0 saturated carbocycles. The van der Waals surface area contributed by atoms with Crippen molar-refractivity contribution in [3.8, 4) is 0 Å². The smallest absolute Gasteiger partial charge is 0.322 e. The third-order valence-electron chi connectivity index (χ3n) is 5.46. The Kier molecular flexibility index (Phi) is 5.70. The van der Waals surface area contributed by atoms with Gasteiger partial charge in [-0.05, 0) is 48.7 Å². The van der Waals surface area contributed by atoms with Crippen molar-refractivity contribution in [2.24, 2.45) is 5.92 Å². The van der Waals surface area contributed by atoms with Gasteiger partial charge in [-0.1, -0.05) is 38.1 Å². The van der Waals surface area contributed by atoms with E-state index in [1.54, 1.807) is 36.1 Å². The van der Waals surface area contributed by atoms with E-state index in [0.717, 1.165) is 17.5 Å². The second kappa shape index (κ2) is 8.02. The summed E-state index contributed by atoms with van der Waals surface area (Å²) in [5.41, 5.74) is 2.10. The molecule has 2 aromatic rings. The van der Waals surface area contributed by atoms with Crippen LogP contribution in [0, 0.1) is 5.92 Å². The number of rotatable bonds is 5. The van der Waals surface area contributed by atoms with Crippen molar-refractivity contribution in [2.75, 3.05) is 5.32 Å². The van der Waals surface area contributed by atoms with Gasteiger partial charge >= 0.3 is 6.03 Å². The van der Waals surface area contributed by atoms with E-state index in [-0.39, 0.29) is 17.9 Å². The van der Waals surface area contributed by atoms with Gasteiger partial charge in [-0.2, -0.15) is 0 Å². The molecule has 6 nitrogen and oxygen atoms in total. The minimum absolute atomic E-state index is 0.0698. The summed E-state index contributed by atoms with van der Waals surface area (Å²) in [5, 5.41) is 15.9. The number of nitrogens with one attached hydrogen (secondary N) is 2. The van der Waals surface area contributed by atoms with Crippen LogP contribution in [0.3, 0.4) is 0 Å². The van der Waals surface area contributed by atoms with Crippen LogP contribution in [0.1, 0.15) is 48.7 Å². The molecule has 0 aromatic heterocycles. The molecule has 3 N–H and O–H groups in total. The van der Waals surface area contributed by atoms with Crippen LogP contribution in [-0.4, -0.2) is 27.7 Å². The van der Waals surface area contributed by atoms with Crippen LogP contribution in [-0.2, 0) is 13.1 Å². The number of carbonyl (C=O) groups is 2. The van der Waals surface area contributed by atoms with Crippen molar-refractivity contribution in [1.82, 2.24) is 10.2 Å². The number of carbonyl (C=O) groups excluding carboxylic acids is 2. The lowest BCUT2D eigenvalue weighted by Crippen LogP contribution is -2.50. The maximum atomic E-state index is 12.5. The number of urea groups is 1. The van der Waals surface area contributed by atoms with Crippen molar-refractivity contribution in [1.29, 1.82) is 0 Å². The number of benzene rings is 2. The van der Waals surface area contributed by atoms with E-state index >= 15 is 0 Å². The average Bonchev–Trinajstić information content (AvgIpc) is 3.12. The Bertz CT molecular complexity index is 837. The maximum Gasteiger partial charge on any atom is 0.322 e. The van der Waals surface area contributed by atoms with E-state index in [1.807, 2.05) is 38.1 Å². The van der Waals surface area contributed by atoms with Gasteiger partial charge in [-0.25, -0.2) is 4.79 Å². The number of nitrogens with zero attached hydrogens (tertiary/aromatic N) is 1. The second-order valence-corrected chi connectivity index (χ2v) is 7.54. The molecule has 0 saturated heterocycles. The molecule has 0 spiro atoms. The van der Waals surface area contributed by atoms with Crippen molar-refractivity contribution >= 4 is 17.6 Å². The second-order valence-electron chi connectivity index (χ2n) is 7.54. The zero-order valence-corrected chi connectivity index (χ0v) is 16.5. The summed E-state index contributed by atoms with van der Waals surface area (Å²) in [4.78, 5) is 26.6. The Morgan fingerprint density at radius 1 is 1.11 bits per heavy atom. The van der Waals surface area contributed by atoms with Gasteiger partial charge in [0, 0.05) is 30.3 Å². The zero-order chi connectivity index (χ0) is 20.3. The molecule has 28 heavy (non-hydrogen) atoms. The van der Waals surface area contributed by atoms with Crippen LogP contribution in [0.25, 0.3) is 0 Å². The summed E-state index contributed by atoms with van der Waals surface area (Å²) >= 11 is 0. The fraction of sp³-hybridized carbons (Fsp3) is 0.364. The lowest BCUT2D eigenvalue weighted by atomic mass is 9.96. The molecule has 3 rings (SSSR count). The molecule has 0 unspecified atom stereocenters. The highest BCUT2D eigenvalue weighted by molar-refractivity contribution is 5.96. The van der Waals surface area contributed by atoms with Gasteiger partial charge in [0.2, 0.25) is 0 Å². The first-order valence-electron chi connectivity index (χ1n) is 9.58. The minimum atomic E-state index is -1.27. The van der Waals surface area contributed by atoms with Crippen LogP contribution < -0.4 is 10.6 Å². The Morgan fingerprint density at radius 2 is 1.68 bits per heavy atom. The first kappa shape index (κ1) is 19.9. The predicted molar refractivity (Wildman–Crippen MR) is 109 cm³/mol.